The van der Waals surface area contributed by atoms with Crippen LogP contribution in [-0.4, -0.2) is 29.7 Å². The average Bonchev–Trinajstić information content (AvgIpc) is 3.01. The van der Waals surface area contributed by atoms with E-state index in [2.05, 4.69) is 15.4 Å². The van der Waals surface area contributed by atoms with Gasteiger partial charge in [0.2, 0.25) is 0 Å². The number of rotatable bonds is 6. The summed E-state index contributed by atoms with van der Waals surface area (Å²) in [6.07, 6.45) is 1.95. The fraction of sp³-hybridized carbons (Fsp3) is 0.294. The van der Waals surface area contributed by atoms with Gasteiger partial charge in [-0.15, -0.1) is 0 Å². The predicted molar refractivity (Wildman–Crippen MR) is 91.8 cm³/mol. The van der Waals surface area contributed by atoms with Crippen molar-refractivity contribution >= 4 is 23.6 Å². The fourth-order valence-corrected chi connectivity index (χ4v) is 2.33. The molecule has 0 bridgehead atoms. The van der Waals surface area contributed by atoms with Gasteiger partial charge in [-0.1, -0.05) is 23.7 Å². The molecule has 0 saturated heterocycles. The van der Waals surface area contributed by atoms with Gasteiger partial charge in [0, 0.05) is 23.5 Å². The van der Waals surface area contributed by atoms with E-state index in [0.29, 0.717) is 18.1 Å². The summed E-state index contributed by atoms with van der Waals surface area (Å²) in [6, 6.07) is 10.3. The number of urea groups is 1. The Morgan fingerprint density at radius 3 is 2.62 bits per heavy atom. The van der Waals surface area contributed by atoms with Crippen molar-refractivity contribution in [3.8, 4) is 0 Å². The number of halogens is 1. The van der Waals surface area contributed by atoms with Crippen LogP contribution in [0.25, 0.3) is 0 Å². The fourth-order valence-electron chi connectivity index (χ4n) is 2.20. The van der Waals surface area contributed by atoms with Crippen molar-refractivity contribution in [3.63, 3.8) is 0 Å². The molecule has 0 fully saturated rings. The molecule has 0 aliphatic heterocycles. The van der Waals surface area contributed by atoms with Crippen molar-refractivity contribution in [2.75, 3.05) is 7.11 Å². The van der Waals surface area contributed by atoms with Crippen LogP contribution in [0.4, 0.5) is 4.79 Å². The van der Waals surface area contributed by atoms with E-state index >= 15 is 0 Å². The van der Waals surface area contributed by atoms with Crippen molar-refractivity contribution in [2.24, 2.45) is 0 Å². The second kappa shape index (κ2) is 8.40. The van der Waals surface area contributed by atoms with Gasteiger partial charge < -0.3 is 19.9 Å². The normalized spacial score (nSPS) is 11.6. The van der Waals surface area contributed by atoms with E-state index in [1.54, 1.807) is 6.92 Å². The Bertz CT molecular complexity index is 697. The maximum atomic E-state index is 11.8. The monoisotopic (exact) mass is 349 g/mol. The molecule has 24 heavy (non-hydrogen) atoms. The summed E-state index contributed by atoms with van der Waals surface area (Å²) in [6.45, 7) is 2.59. The maximum Gasteiger partial charge on any atom is 0.328 e. The number of carbonyl (C=O) groups excluding carboxylic acids is 2. The first kappa shape index (κ1) is 17.9. The highest BCUT2D eigenvalue weighted by Crippen LogP contribution is 2.12. The van der Waals surface area contributed by atoms with Gasteiger partial charge in [0.1, 0.15) is 6.04 Å². The molecular weight excluding hydrogens is 330 g/mol. The van der Waals surface area contributed by atoms with Gasteiger partial charge >= 0.3 is 12.0 Å². The smallest absolute Gasteiger partial charge is 0.328 e. The maximum absolute atomic E-state index is 11.8. The molecule has 2 amide bonds. The van der Waals surface area contributed by atoms with Crippen LogP contribution in [0.1, 0.15) is 18.2 Å². The molecule has 2 aromatic rings. The summed E-state index contributed by atoms with van der Waals surface area (Å²) < 4.78 is 6.60. The lowest BCUT2D eigenvalue weighted by atomic mass is 10.2. The average molecular weight is 350 g/mol. The van der Waals surface area contributed by atoms with Gasteiger partial charge in [-0.25, -0.2) is 9.59 Å². The van der Waals surface area contributed by atoms with Crippen LogP contribution in [0.15, 0.2) is 42.6 Å². The third-order valence-corrected chi connectivity index (χ3v) is 3.77. The molecule has 2 N–H and O–H groups in total. The van der Waals surface area contributed by atoms with Gasteiger partial charge in [-0.2, -0.15) is 0 Å². The Morgan fingerprint density at radius 2 is 1.96 bits per heavy atom. The highest BCUT2D eigenvalue weighted by molar-refractivity contribution is 6.30. The summed E-state index contributed by atoms with van der Waals surface area (Å²) in [5, 5.41) is 5.95. The van der Waals surface area contributed by atoms with Crippen molar-refractivity contribution in [1.29, 1.82) is 0 Å². The number of methoxy groups -OCH3 is 1. The minimum absolute atomic E-state index is 0.348. The highest BCUT2D eigenvalue weighted by atomic mass is 35.5. The van der Waals surface area contributed by atoms with Crippen molar-refractivity contribution in [2.45, 2.75) is 26.1 Å². The van der Waals surface area contributed by atoms with Gasteiger partial charge in [0.15, 0.2) is 0 Å². The van der Waals surface area contributed by atoms with Crippen LogP contribution in [0.2, 0.25) is 5.02 Å². The quantitative estimate of drug-likeness (QED) is 0.787. The second-order valence-electron chi connectivity index (χ2n) is 5.33. The molecule has 128 valence electrons. The van der Waals surface area contributed by atoms with Gasteiger partial charge in [0.25, 0.3) is 0 Å². The third-order valence-electron chi connectivity index (χ3n) is 3.52. The van der Waals surface area contributed by atoms with E-state index < -0.39 is 18.0 Å². The lowest BCUT2D eigenvalue weighted by Crippen LogP contribution is -2.44. The van der Waals surface area contributed by atoms with E-state index in [9.17, 15) is 9.59 Å². The zero-order chi connectivity index (χ0) is 17.5. The molecule has 0 unspecified atom stereocenters. The Balaban J connectivity index is 1.90. The van der Waals surface area contributed by atoms with Gasteiger partial charge in [-0.3, -0.25) is 0 Å². The van der Waals surface area contributed by atoms with Crippen LogP contribution in [-0.2, 0) is 22.6 Å². The molecule has 0 aliphatic carbocycles. The first-order valence-electron chi connectivity index (χ1n) is 7.50. The summed E-state index contributed by atoms with van der Waals surface area (Å²) >= 11 is 5.89. The van der Waals surface area contributed by atoms with E-state index in [1.165, 1.54) is 7.11 Å². The largest absolute Gasteiger partial charge is 0.467 e. The van der Waals surface area contributed by atoms with Crippen molar-refractivity contribution in [3.05, 3.63) is 58.9 Å². The number of nitrogens with zero attached hydrogens (tertiary/aromatic N) is 1. The minimum atomic E-state index is -0.698. The number of hydrogen-bond acceptors (Lipinski definition) is 3. The molecule has 1 aromatic carbocycles. The lowest BCUT2D eigenvalue weighted by Gasteiger charge is -2.14. The van der Waals surface area contributed by atoms with E-state index in [4.69, 9.17) is 11.6 Å². The zero-order valence-corrected chi connectivity index (χ0v) is 14.3. The second-order valence-corrected chi connectivity index (χ2v) is 5.76. The van der Waals surface area contributed by atoms with E-state index in [-0.39, 0.29) is 0 Å². The molecular formula is C17H20ClN3O3. The number of benzene rings is 1. The third kappa shape index (κ3) is 5.03. The van der Waals surface area contributed by atoms with Crippen LogP contribution in [0.3, 0.4) is 0 Å². The molecule has 7 heteroatoms. The summed E-state index contributed by atoms with van der Waals surface area (Å²) in [5.74, 6) is -0.490. The molecule has 2 rings (SSSR count). The molecule has 6 nitrogen and oxygen atoms in total. The molecule has 1 aromatic heterocycles. The molecule has 1 heterocycles. The lowest BCUT2D eigenvalue weighted by molar-refractivity contribution is -0.142. The molecule has 0 radical (unpaired) electrons. The topological polar surface area (TPSA) is 72.4 Å². The Hall–Kier alpha value is -2.47. The summed E-state index contributed by atoms with van der Waals surface area (Å²) in [7, 11) is 1.28. The SMILES string of the molecule is COC(=O)[C@H](C)NC(=O)NCc1cccn1Cc1ccc(Cl)cc1. The summed E-state index contributed by atoms with van der Waals surface area (Å²) in [5.41, 5.74) is 2.06. The van der Waals surface area contributed by atoms with Crippen LogP contribution in [0, 0.1) is 0 Å². The van der Waals surface area contributed by atoms with Crippen LogP contribution in [0.5, 0.6) is 0 Å². The number of ether oxygens (including phenoxy) is 1. The standard InChI is InChI=1S/C17H20ClN3O3/c1-12(16(22)24-2)20-17(23)19-10-15-4-3-9-21(15)11-13-5-7-14(18)8-6-13/h3-9,12H,10-11H2,1-2H3,(H2,19,20,23)/t12-/m0/s1. The molecule has 1 atom stereocenters. The number of aromatic nitrogens is 1. The highest BCUT2D eigenvalue weighted by Gasteiger charge is 2.15. The number of nitrogens with one attached hydrogen (secondary N) is 2. The first-order valence-corrected chi connectivity index (χ1v) is 7.88. The zero-order valence-electron chi connectivity index (χ0n) is 13.6. The summed E-state index contributed by atoms with van der Waals surface area (Å²) in [4.78, 5) is 23.1. The van der Waals surface area contributed by atoms with Crippen LogP contribution >= 0.6 is 11.6 Å². The van der Waals surface area contributed by atoms with Gasteiger partial charge in [0.05, 0.1) is 13.7 Å². The Morgan fingerprint density at radius 1 is 1.25 bits per heavy atom. The van der Waals surface area contributed by atoms with Crippen molar-refractivity contribution < 1.29 is 14.3 Å². The van der Waals surface area contributed by atoms with E-state index in [1.807, 2.05) is 47.2 Å². The van der Waals surface area contributed by atoms with Crippen molar-refractivity contribution in [1.82, 2.24) is 15.2 Å². The van der Waals surface area contributed by atoms with E-state index in [0.717, 1.165) is 11.3 Å². The number of carbonyl (C=O) groups is 2. The minimum Gasteiger partial charge on any atom is -0.467 e. The molecule has 0 spiro atoms. The molecule has 0 saturated carbocycles. The number of hydrogen-bond donors (Lipinski definition) is 2. The van der Waals surface area contributed by atoms with Gasteiger partial charge in [-0.05, 0) is 36.8 Å². The number of amides is 2. The Kier molecular flexibility index (Phi) is 6.26. The van der Waals surface area contributed by atoms with Crippen LogP contribution < -0.4 is 10.6 Å². The predicted octanol–water partition coefficient (Wildman–Crippen LogP) is 2.55. The first-order chi connectivity index (χ1) is 11.5. The molecule has 0 aliphatic rings. The Labute approximate surface area is 145 Å². The number of esters is 1.